The lowest BCUT2D eigenvalue weighted by Gasteiger charge is -2.33. The summed E-state index contributed by atoms with van der Waals surface area (Å²) in [6, 6.07) is 0. The first-order valence-electron chi connectivity index (χ1n) is 8.47. The van der Waals surface area contributed by atoms with E-state index in [-0.39, 0.29) is 17.8 Å². The molecule has 0 aromatic carbocycles. The fraction of sp³-hybridized carbons (Fsp3) is 0.765. The van der Waals surface area contributed by atoms with Gasteiger partial charge in [0.05, 0.1) is 17.9 Å². The van der Waals surface area contributed by atoms with E-state index in [2.05, 4.69) is 12.1 Å². The van der Waals surface area contributed by atoms with Crippen LogP contribution in [0, 0.1) is 17.8 Å². The largest absolute Gasteiger partial charge is 0.479 e. The van der Waals surface area contributed by atoms with Crippen LogP contribution in [0.15, 0.2) is 17.3 Å². The van der Waals surface area contributed by atoms with Gasteiger partial charge in [-0.2, -0.15) is 0 Å². The highest BCUT2D eigenvalue weighted by molar-refractivity contribution is 5.93. The van der Waals surface area contributed by atoms with Crippen molar-refractivity contribution < 1.29 is 25.0 Å². The van der Waals surface area contributed by atoms with Gasteiger partial charge in [0.2, 0.25) is 6.61 Å². The normalized spacial score (nSPS) is 32.7. The van der Waals surface area contributed by atoms with Gasteiger partial charge in [-0.25, -0.2) is 4.79 Å². The Morgan fingerprint density at radius 1 is 1.48 bits per heavy atom. The Hall–Kier alpha value is -1.40. The molecule has 2 aliphatic carbocycles. The summed E-state index contributed by atoms with van der Waals surface area (Å²) in [5.74, 6) is -0.674. The van der Waals surface area contributed by atoms with Crippen LogP contribution in [0.5, 0.6) is 0 Å². The minimum absolute atomic E-state index is 0.0259. The minimum atomic E-state index is -1.05. The molecular formula is C17H27NO5. The fourth-order valence-electron chi connectivity index (χ4n) is 3.48. The topological polar surface area (TPSA) is 99.4 Å². The molecule has 0 radical (unpaired) electrons. The zero-order valence-electron chi connectivity index (χ0n) is 13.6. The molecule has 5 atom stereocenters. The van der Waals surface area contributed by atoms with Crippen molar-refractivity contribution in [1.82, 2.24) is 0 Å². The smallest absolute Gasteiger partial charge is 0.344 e. The van der Waals surface area contributed by atoms with Crippen molar-refractivity contribution in [2.24, 2.45) is 22.9 Å². The second-order valence-electron chi connectivity index (χ2n) is 6.56. The van der Waals surface area contributed by atoms with Crippen LogP contribution >= 0.6 is 0 Å². The Kier molecular flexibility index (Phi) is 6.59. The average molecular weight is 325 g/mol. The number of aliphatic hydroxyl groups excluding tert-OH is 2. The molecule has 0 aromatic heterocycles. The fourth-order valence-corrected chi connectivity index (χ4v) is 3.48. The summed E-state index contributed by atoms with van der Waals surface area (Å²) in [6.45, 7) is 1.70. The van der Waals surface area contributed by atoms with Gasteiger partial charge in [-0.05, 0) is 25.2 Å². The third-order valence-electron chi connectivity index (χ3n) is 4.85. The number of oxime groups is 1. The Morgan fingerprint density at radius 2 is 2.26 bits per heavy atom. The molecule has 6 nitrogen and oxygen atoms in total. The van der Waals surface area contributed by atoms with E-state index in [0.29, 0.717) is 6.42 Å². The van der Waals surface area contributed by atoms with Crippen LogP contribution in [0.25, 0.3) is 0 Å². The molecule has 0 spiro atoms. The van der Waals surface area contributed by atoms with Gasteiger partial charge in [0, 0.05) is 11.8 Å². The summed E-state index contributed by atoms with van der Waals surface area (Å²) >= 11 is 0. The molecule has 3 unspecified atom stereocenters. The van der Waals surface area contributed by atoms with E-state index >= 15 is 0 Å². The number of fused-ring (bicyclic) bond motifs is 1. The minimum Gasteiger partial charge on any atom is -0.479 e. The first-order valence-corrected chi connectivity index (χ1v) is 8.47. The lowest BCUT2D eigenvalue weighted by atomic mass is 9.73. The molecular weight excluding hydrogens is 298 g/mol. The first kappa shape index (κ1) is 17.9. The van der Waals surface area contributed by atoms with Gasteiger partial charge < -0.3 is 20.2 Å². The summed E-state index contributed by atoms with van der Waals surface area (Å²) in [4.78, 5) is 15.2. The van der Waals surface area contributed by atoms with Crippen molar-refractivity contribution in [1.29, 1.82) is 0 Å². The van der Waals surface area contributed by atoms with E-state index in [4.69, 9.17) is 9.94 Å². The van der Waals surface area contributed by atoms with Crippen LogP contribution in [-0.2, 0) is 9.63 Å². The highest BCUT2D eigenvalue weighted by Gasteiger charge is 2.51. The highest BCUT2D eigenvalue weighted by atomic mass is 16.6. The number of carbonyl (C=O) groups is 1. The molecule has 2 fully saturated rings. The lowest BCUT2D eigenvalue weighted by molar-refractivity contribution is -0.142. The third-order valence-corrected chi connectivity index (χ3v) is 4.85. The standard InChI is InChI=1S/C17H27NO5/c1-2-3-4-5-12(19)7-6-11-8-13-14(17(11)22)9-15(13)18-23-10-16(20)21/h6-7,11-14,17,19,22H,2-5,8-10H2,1H3,(H,20,21)/t11?,12?,13-,14+,17?/m0/s1. The second-order valence-corrected chi connectivity index (χ2v) is 6.56. The molecule has 0 amide bonds. The van der Waals surface area contributed by atoms with E-state index in [1.54, 1.807) is 6.08 Å². The van der Waals surface area contributed by atoms with E-state index in [0.717, 1.165) is 37.8 Å². The SMILES string of the molecule is CCCCCC(O)C=CC1C[C@@H]2C(=NOCC(=O)O)C[C@H]2C1O. The molecule has 0 heterocycles. The Labute approximate surface area is 136 Å². The number of aliphatic hydroxyl groups is 2. The Morgan fingerprint density at radius 3 is 2.96 bits per heavy atom. The number of nitrogens with zero attached hydrogens (tertiary/aromatic N) is 1. The van der Waals surface area contributed by atoms with Crippen LogP contribution in [0.3, 0.4) is 0 Å². The third kappa shape index (κ3) is 4.78. The maximum absolute atomic E-state index is 10.4. The molecule has 6 heteroatoms. The molecule has 2 saturated carbocycles. The number of aliphatic carboxylic acids is 1. The molecule has 0 aliphatic heterocycles. The first-order chi connectivity index (χ1) is 11.0. The van der Waals surface area contributed by atoms with E-state index in [1.165, 1.54) is 0 Å². The highest BCUT2D eigenvalue weighted by Crippen LogP contribution is 2.48. The number of carboxylic acids is 1. The molecule has 2 rings (SSSR count). The second kappa shape index (κ2) is 8.45. The van der Waals surface area contributed by atoms with Crippen LogP contribution in [0.1, 0.15) is 45.4 Å². The van der Waals surface area contributed by atoms with Gasteiger partial charge in [0.25, 0.3) is 0 Å². The summed E-state index contributed by atoms with van der Waals surface area (Å²) in [6.07, 6.45) is 8.32. The van der Waals surface area contributed by atoms with Gasteiger partial charge in [0.1, 0.15) is 0 Å². The van der Waals surface area contributed by atoms with Crippen LogP contribution in [0.2, 0.25) is 0 Å². The predicted molar refractivity (Wildman–Crippen MR) is 86.0 cm³/mol. The maximum Gasteiger partial charge on any atom is 0.344 e. The molecule has 2 aliphatic rings. The average Bonchev–Trinajstić information content (AvgIpc) is 2.73. The van der Waals surface area contributed by atoms with E-state index in [1.807, 2.05) is 6.08 Å². The van der Waals surface area contributed by atoms with Gasteiger partial charge in [-0.15, -0.1) is 0 Å². The van der Waals surface area contributed by atoms with Crippen molar-refractivity contribution in [2.75, 3.05) is 6.61 Å². The van der Waals surface area contributed by atoms with Crippen molar-refractivity contribution in [3.63, 3.8) is 0 Å². The molecule has 23 heavy (non-hydrogen) atoms. The number of hydrogen-bond acceptors (Lipinski definition) is 5. The van der Waals surface area contributed by atoms with Gasteiger partial charge in [-0.1, -0.05) is 43.5 Å². The Balaban J connectivity index is 1.79. The Bertz CT molecular complexity index is 462. The zero-order chi connectivity index (χ0) is 16.8. The van der Waals surface area contributed by atoms with Gasteiger partial charge in [-0.3, -0.25) is 0 Å². The van der Waals surface area contributed by atoms with Crippen molar-refractivity contribution in [3.05, 3.63) is 12.2 Å². The summed E-state index contributed by atoms with van der Waals surface area (Å²) < 4.78 is 0. The summed E-state index contributed by atoms with van der Waals surface area (Å²) in [7, 11) is 0. The van der Waals surface area contributed by atoms with Crippen LogP contribution in [0.4, 0.5) is 0 Å². The maximum atomic E-state index is 10.4. The zero-order valence-corrected chi connectivity index (χ0v) is 13.6. The molecule has 0 saturated heterocycles. The monoisotopic (exact) mass is 325 g/mol. The lowest BCUT2D eigenvalue weighted by Crippen LogP contribution is -2.38. The molecule has 3 N–H and O–H groups in total. The summed E-state index contributed by atoms with van der Waals surface area (Å²) in [5.41, 5.74) is 0.842. The van der Waals surface area contributed by atoms with E-state index < -0.39 is 24.8 Å². The number of unbranched alkanes of at least 4 members (excludes halogenated alkanes) is 2. The van der Waals surface area contributed by atoms with Gasteiger partial charge in [0.15, 0.2) is 0 Å². The van der Waals surface area contributed by atoms with Gasteiger partial charge >= 0.3 is 5.97 Å². The molecule has 130 valence electrons. The summed E-state index contributed by atoms with van der Waals surface area (Å²) in [5, 5.41) is 32.6. The predicted octanol–water partition coefficient (Wildman–Crippen LogP) is 1.96. The van der Waals surface area contributed by atoms with Crippen molar-refractivity contribution in [2.45, 2.75) is 57.7 Å². The van der Waals surface area contributed by atoms with Crippen LogP contribution < -0.4 is 0 Å². The van der Waals surface area contributed by atoms with E-state index in [9.17, 15) is 15.0 Å². The van der Waals surface area contributed by atoms with Crippen molar-refractivity contribution >= 4 is 11.7 Å². The van der Waals surface area contributed by atoms with Crippen LogP contribution in [-0.4, -0.2) is 45.8 Å². The quantitative estimate of drug-likeness (QED) is 0.342. The number of carboxylic acid groups (broad SMARTS) is 1. The molecule has 0 bridgehead atoms. The van der Waals surface area contributed by atoms with Crippen molar-refractivity contribution in [3.8, 4) is 0 Å². The number of hydrogen-bond donors (Lipinski definition) is 3. The number of rotatable bonds is 9. The molecule has 0 aromatic rings.